The fourth-order valence-corrected chi connectivity index (χ4v) is 1.57. The van der Waals surface area contributed by atoms with E-state index in [-0.39, 0.29) is 29.9 Å². The van der Waals surface area contributed by atoms with Crippen molar-refractivity contribution in [2.75, 3.05) is 0 Å². The molecule has 0 bridgehead atoms. The molecule has 2 amide bonds. The summed E-state index contributed by atoms with van der Waals surface area (Å²) in [4.78, 5) is 23.1. The highest BCUT2D eigenvalue weighted by Crippen LogP contribution is 2.00. The van der Waals surface area contributed by atoms with Crippen LogP contribution in [0.1, 0.15) is 59.8 Å². The standard InChI is InChI=1S/C14H29N3O2/c1-5-11(3)16-14(19)9-7-12(4)17-13(18)8-6-10(2)15/h10-12H,5-9,15H2,1-4H3,(H,16,19)(H,17,18). The lowest BCUT2D eigenvalue weighted by Gasteiger charge is -2.15. The molecule has 0 radical (unpaired) electrons. The van der Waals surface area contributed by atoms with Crippen LogP contribution in [0.3, 0.4) is 0 Å². The van der Waals surface area contributed by atoms with Gasteiger partial charge in [-0.3, -0.25) is 9.59 Å². The second-order valence-electron chi connectivity index (χ2n) is 5.40. The van der Waals surface area contributed by atoms with Gasteiger partial charge in [0.05, 0.1) is 0 Å². The Morgan fingerprint density at radius 2 is 1.42 bits per heavy atom. The molecule has 3 unspecified atom stereocenters. The van der Waals surface area contributed by atoms with E-state index in [9.17, 15) is 9.59 Å². The molecule has 0 saturated heterocycles. The topological polar surface area (TPSA) is 84.2 Å². The van der Waals surface area contributed by atoms with E-state index < -0.39 is 0 Å². The first-order valence-corrected chi connectivity index (χ1v) is 7.19. The van der Waals surface area contributed by atoms with Crippen molar-refractivity contribution in [2.24, 2.45) is 5.73 Å². The van der Waals surface area contributed by atoms with Crippen LogP contribution in [0.2, 0.25) is 0 Å². The molecule has 3 atom stereocenters. The van der Waals surface area contributed by atoms with Crippen LogP contribution in [0.5, 0.6) is 0 Å². The Morgan fingerprint density at radius 3 is 1.89 bits per heavy atom. The van der Waals surface area contributed by atoms with Crippen molar-refractivity contribution in [2.45, 2.75) is 77.9 Å². The zero-order valence-corrected chi connectivity index (χ0v) is 12.7. The number of amides is 2. The van der Waals surface area contributed by atoms with Crippen molar-refractivity contribution in [3.05, 3.63) is 0 Å². The van der Waals surface area contributed by atoms with Gasteiger partial charge in [0.2, 0.25) is 11.8 Å². The van der Waals surface area contributed by atoms with Crippen molar-refractivity contribution < 1.29 is 9.59 Å². The van der Waals surface area contributed by atoms with Crippen molar-refractivity contribution in [3.8, 4) is 0 Å². The molecule has 0 saturated carbocycles. The van der Waals surface area contributed by atoms with E-state index in [0.29, 0.717) is 25.7 Å². The molecule has 0 aromatic carbocycles. The van der Waals surface area contributed by atoms with Crippen LogP contribution in [0, 0.1) is 0 Å². The molecule has 0 fully saturated rings. The lowest BCUT2D eigenvalue weighted by molar-refractivity contribution is -0.124. The molecule has 0 heterocycles. The third-order valence-corrected chi connectivity index (χ3v) is 3.06. The zero-order chi connectivity index (χ0) is 14.8. The summed E-state index contributed by atoms with van der Waals surface area (Å²) in [5.41, 5.74) is 5.60. The summed E-state index contributed by atoms with van der Waals surface area (Å²) in [7, 11) is 0. The highest BCUT2D eigenvalue weighted by Gasteiger charge is 2.11. The third-order valence-electron chi connectivity index (χ3n) is 3.06. The molecule has 0 aliphatic heterocycles. The Bertz CT molecular complexity index is 280. The first-order valence-electron chi connectivity index (χ1n) is 7.19. The molecule has 19 heavy (non-hydrogen) atoms. The van der Waals surface area contributed by atoms with Gasteiger partial charge in [-0.2, -0.15) is 0 Å². The van der Waals surface area contributed by atoms with Crippen LogP contribution in [0.25, 0.3) is 0 Å². The average Bonchev–Trinajstić information content (AvgIpc) is 2.33. The van der Waals surface area contributed by atoms with Gasteiger partial charge in [0.15, 0.2) is 0 Å². The molecule has 5 nitrogen and oxygen atoms in total. The SMILES string of the molecule is CCC(C)NC(=O)CCC(C)NC(=O)CCC(C)N. The Balaban J connectivity index is 3.77. The highest BCUT2D eigenvalue weighted by atomic mass is 16.2. The number of nitrogens with two attached hydrogens (primary N) is 1. The molecule has 4 N–H and O–H groups in total. The molecule has 0 rings (SSSR count). The number of carbonyl (C=O) groups is 2. The zero-order valence-electron chi connectivity index (χ0n) is 12.7. The van der Waals surface area contributed by atoms with E-state index in [1.54, 1.807) is 0 Å². The van der Waals surface area contributed by atoms with Crippen molar-refractivity contribution in [3.63, 3.8) is 0 Å². The highest BCUT2D eigenvalue weighted by molar-refractivity contribution is 5.77. The van der Waals surface area contributed by atoms with E-state index in [1.807, 2.05) is 27.7 Å². The van der Waals surface area contributed by atoms with E-state index in [0.717, 1.165) is 6.42 Å². The van der Waals surface area contributed by atoms with Gasteiger partial charge in [-0.1, -0.05) is 6.92 Å². The second-order valence-corrected chi connectivity index (χ2v) is 5.40. The summed E-state index contributed by atoms with van der Waals surface area (Å²) < 4.78 is 0. The molecular weight excluding hydrogens is 242 g/mol. The third kappa shape index (κ3) is 10.5. The molecule has 0 aromatic rings. The monoisotopic (exact) mass is 271 g/mol. The van der Waals surface area contributed by atoms with Gasteiger partial charge in [0.1, 0.15) is 0 Å². The Labute approximate surface area is 116 Å². The summed E-state index contributed by atoms with van der Waals surface area (Å²) in [6.45, 7) is 7.82. The summed E-state index contributed by atoms with van der Waals surface area (Å²) in [5.74, 6) is 0.0539. The largest absolute Gasteiger partial charge is 0.354 e. The van der Waals surface area contributed by atoms with Crippen LogP contribution in [0.4, 0.5) is 0 Å². The Hall–Kier alpha value is -1.10. The first-order chi connectivity index (χ1) is 8.85. The summed E-state index contributed by atoms with van der Waals surface area (Å²) in [5, 5.41) is 5.79. The first kappa shape index (κ1) is 17.9. The molecule has 5 heteroatoms. The van der Waals surface area contributed by atoms with Gasteiger partial charge >= 0.3 is 0 Å². The lowest BCUT2D eigenvalue weighted by atomic mass is 10.1. The predicted molar refractivity (Wildman–Crippen MR) is 77.6 cm³/mol. The average molecular weight is 271 g/mol. The van der Waals surface area contributed by atoms with Crippen molar-refractivity contribution >= 4 is 11.8 Å². The van der Waals surface area contributed by atoms with Crippen LogP contribution >= 0.6 is 0 Å². The van der Waals surface area contributed by atoms with E-state index >= 15 is 0 Å². The van der Waals surface area contributed by atoms with E-state index in [4.69, 9.17) is 5.73 Å². The molecule has 0 aromatic heterocycles. The normalized spacial score (nSPS) is 15.4. The van der Waals surface area contributed by atoms with Gasteiger partial charge in [0, 0.05) is 31.0 Å². The smallest absolute Gasteiger partial charge is 0.220 e. The quantitative estimate of drug-likeness (QED) is 0.591. The van der Waals surface area contributed by atoms with Gasteiger partial charge in [0.25, 0.3) is 0 Å². The van der Waals surface area contributed by atoms with Gasteiger partial charge < -0.3 is 16.4 Å². The van der Waals surface area contributed by atoms with Crippen LogP contribution in [-0.2, 0) is 9.59 Å². The summed E-state index contributed by atoms with van der Waals surface area (Å²) >= 11 is 0. The van der Waals surface area contributed by atoms with Gasteiger partial charge in [-0.15, -0.1) is 0 Å². The van der Waals surface area contributed by atoms with Crippen LogP contribution < -0.4 is 16.4 Å². The number of hydrogen-bond acceptors (Lipinski definition) is 3. The molecule has 0 aliphatic rings. The molecule has 0 aliphatic carbocycles. The number of nitrogens with one attached hydrogen (secondary N) is 2. The minimum absolute atomic E-state index is 0.00661. The number of carbonyl (C=O) groups excluding carboxylic acids is 2. The fraction of sp³-hybridized carbons (Fsp3) is 0.857. The van der Waals surface area contributed by atoms with E-state index in [1.165, 1.54) is 0 Å². The van der Waals surface area contributed by atoms with Gasteiger partial charge in [-0.25, -0.2) is 0 Å². The number of rotatable bonds is 9. The van der Waals surface area contributed by atoms with Crippen LogP contribution in [-0.4, -0.2) is 29.9 Å². The maximum Gasteiger partial charge on any atom is 0.220 e. The fourth-order valence-electron chi connectivity index (χ4n) is 1.57. The maximum atomic E-state index is 11.6. The minimum atomic E-state index is 0.00661. The van der Waals surface area contributed by atoms with E-state index in [2.05, 4.69) is 10.6 Å². The maximum absolute atomic E-state index is 11.6. The Morgan fingerprint density at radius 1 is 0.947 bits per heavy atom. The summed E-state index contributed by atoms with van der Waals surface area (Å²) in [6, 6.07) is 0.272. The second kappa shape index (κ2) is 9.78. The predicted octanol–water partition coefficient (Wildman–Crippen LogP) is 1.31. The lowest BCUT2D eigenvalue weighted by Crippen LogP contribution is -2.36. The van der Waals surface area contributed by atoms with Crippen LogP contribution in [0.15, 0.2) is 0 Å². The van der Waals surface area contributed by atoms with Crippen molar-refractivity contribution in [1.82, 2.24) is 10.6 Å². The molecular formula is C14H29N3O2. The minimum Gasteiger partial charge on any atom is -0.354 e. The molecule has 112 valence electrons. The van der Waals surface area contributed by atoms with Gasteiger partial charge in [-0.05, 0) is 40.0 Å². The number of hydrogen-bond donors (Lipinski definition) is 3. The van der Waals surface area contributed by atoms with Crippen molar-refractivity contribution in [1.29, 1.82) is 0 Å². The summed E-state index contributed by atoms with van der Waals surface area (Å²) in [6.07, 6.45) is 3.16. The molecule has 0 spiro atoms. The Kier molecular flexibility index (Phi) is 9.21.